The summed E-state index contributed by atoms with van der Waals surface area (Å²) in [7, 11) is 1.60. The molecule has 0 saturated heterocycles. The number of hydrogen-bond donors (Lipinski definition) is 0. The lowest BCUT2D eigenvalue weighted by Crippen LogP contribution is -2.03. The Morgan fingerprint density at radius 1 is 1.15 bits per heavy atom. The van der Waals surface area contributed by atoms with Gasteiger partial charge in [0.1, 0.15) is 11.5 Å². The Hall–Kier alpha value is -2.69. The highest BCUT2D eigenvalue weighted by atomic mass is 19.3. The van der Waals surface area contributed by atoms with Crippen LogP contribution in [0.25, 0.3) is 22.0 Å². The van der Waals surface area contributed by atoms with E-state index in [9.17, 15) is 8.78 Å². The number of rotatable bonds is 6. The van der Waals surface area contributed by atoms with Gasteiger partial charge in [-0.2, -0.15) is 0 Å². The molecule has 0 radical (unpaired) electrons. The minimum atomic E-state index is -2.50. The van der Waals surface area contributed by atoms with E-state index in [0.29, 0.717) is 17.9 Å². The number of alkyl halides is 2. The molecule has 0 bridgehead atoms. The van der Waals surface area contributed by atoms with Crippen molar-refractivity contribution in [1.29, 1.82) is 0 Å². The van der Waals surface area contributed by atoms with Crippen molar-refractivity contribution in [3.05, 3.63) is 54.2 Å². The van der Waals surface area contributed by atoms with Gasteiger partial charge in [0, 0.05) is 30.0 Å². The summed E-state index contributed by atoms with van der Waals surface area (Å²) in [6.45, 7) is 2.32. The number of nitrogens with zero attached hydrogens (tertiary/aromatic N) is 1. The van der Waals surface area contributed by atoms with Gasteiger partial charge in [-0.1, -0.05) is 12.1 Å². The summed E-state index contributed by atoms with van der Waals surface area (Å²) in [4.78, 5) is 4.43. The second-order valence-corrected chi connectivity index (χ2v) is 7.02. The molecule has 1 saturated carbocycles. The van der Waals surface area contributed by atoms with Crippen molar-refractivity contribution in [2.75, 3.05) is 13.7 Å². The highest BCUT2D eigenvalue weighted by Gasteiger charge is 2.56. The number of pyridine rings is 1. The van der Waals surface area contributed by atoms with Crippen molar-refractivity contribution in [3.63, 3.8) is 0 Å². The molecule has 3 nitrogen and oxygen atoms in total. The molecule has 0 amide bonds. The van der Waals surface area contributed by atoms with Crippen LogP contribution in [-0.2, 0) is 0 Å². The number of benzene rings is 2. The lowest BCUT2D eigenvalue weighted by molar-refractivity contribution is 0.0930. The molecule has 5 heteroatoms. The van der Waals surface area contributed by atoms with Crippen LogP contribution >= 0.6 is 0 Å². The summed E-state index contributed by atoms with van der Waals surface area (Å²) in [5.74, 6) is -1.77. The molecule has 2 aromatic carbocycles. The predicted octanol–water partition coefficient (Wildman–Crippen LogP) is 5.64. The predicted molar refractivity (Wildman–Crippen MR) is 102 cm³/mol. The maximum atomic E-state index is 13.0. The van der Waals surface area contributed by atoms with Crippen molar-refractivity contribution < 1.29 is 18.3 Å². The third-order valence-corrected chi connectivity index (χ3v) is 5.09. The number of ether oxygens (including phenoxy) is 2. The third kappa shape index (κ3) is 3.59. The molecule has 3 aromatic rings. The Kier molecular flexibility index (Phi) is 4.46. The smallest absolute Gasteiger partial charge is 0.251 e. The lowest BCUT2D eigenvalue weighted by Gasteiger charge is -2.14. The molecule has 1 aromatic heterocycles. The largest absolute Gasteiger partial charge is 0.497 e. The first-order chi connectivity index (χ1) is 13.0. The van der Waals surface area contributed by atoms with Gasteiger partial charge in [-0.25, -0.2) is 8.78 Å². The van der Waals surface area contributed by atoms with Crippen LogP contribution in [0.3, 0.4) is 0 Å². The van der Waals surface area contributed by atoms with E-state index in [1.165, 1.54) is 0 Å². The van der Waals surface area contributed by atoms with Crippen molar-refractivity contribution >= 4 is 10.9 Å². The van der Waals surface area contributed by atoms with Gasteiger partial charge in [0.25, 0.3) is 5.92 Å². The molecular weight excluding hydrogens is 348 g/mol. The van der Waals surface area contributed by atoms with Gasteiger partial charge in [0.15, 0.2) is 0 Å². The quantitative estimate of drug-likeness (QED) is 0.563. The number of halogens is 2. The number of methoxy groups -OCH3 is 1. The molecule has 27 heavy (non-hydrogen) atoms. The molecule has 1 atom stereocenters. The monoisotopic (exact) mass is 369 g/mol. The highest BCUT2D eigenvalue weighted by molar-refractivity contribution is 5.96. The summed E-state index contributed by atoms with van der Waals surface area (Å²) in [5, 5.41) is 1.05. The molecular formula is C22H21F2NO2. The van der Waals surface area contributed by atoms with Gasteiger partial charge >= 0.3 is 0 Å². The Morgan fingerprint density at radius 2 is 1.93 bits per heavy atom. The SMILES string of the molecule is COc1cc(OCCC2CC2(F)F)cc(-c2c(C)ccc3ncccc23)c1. The van der Waals surface area contributed by atoms with Gasteiger partial charge in [-0.05, 0) is 54.3 Å². The van der Waals surface area contributed by atoms with E-state index >= 15 is 0 Å². The Bertz CT molecular complexity index is 987. The van der Waals surface area contributed by atoms with E-state index in [0.717, 1.165) is 27.6 Å². The van der Waals surface area contributed by atoms with E-state index in [1.54, 1.807) is 19.4 Å². The first kappa shape index (κ1) is 17.7. The Labute approximate surface area is 156 Å². The van der Waals surface area contributed by atoms with Crippen LogP contribution in [0, 0.1) is 12.8 Å². The number of hydrogen-bond acceptors (Lipinski definition) is 3. The van der Waals surface area contributed by atoms with Crippen molar-refractivity contribution in [2.45, 2.75) is 25.7 Å². The van der Waals surface area contributed by atoms with Crippen molar-refractivity contribution in [2.24, 2.45) is 5.92 Å². The zero-order valence-electron chi connectivity index (χ0n) is 15.3. The van der Waals surface area contributed by atoms with Crippen molar-refractivity contribution in [1.82, 2.24) is 4.98 Å². The molecule has 1 unspecified atom stereocenters. The molecule has 4 rings (SSSR count). The van der Waals surface area contributed by atoms with Gasteiger partial charge in [-0.15, -0.1) is 0 Å². The number of aromatic nitrogens is 1. The number of aryl methyl sites for hydroxylation is 1. The van der Waals surface area contributed by atoms with Crippen LogP contribution in [0.15, 0.2) is 48.7 Å². The third-order valence-electron chi connectivity index (χ3n) is 5.09. The van der Waals surface area contributed by atoms with Gasteiger partial charge < -0.3 is 9.47 Å². The standard InChI is InChI=1S/C22H21F2NO2/c1-14-5-6-20-19(4-3-8-25-20)21(14)15-10-17(26-2)12-18(11-15)27-9-7-16-13-22(16,23)24/h3-6,8,10-12,16H,7,9,13H2,1-2H3. The summed E-state index contributed by atoms with van der Waals surface area (Å²) in [6, 6.07) is 13.7. The molecule has 0 aliphatic heterocycles. The van der Waals surface area contributed by atoms with Gasteiger partial charge in [0.05, 0.1) is 19.2 Å². The summed E-state index contributed by atoms with van der Waals surface area (Å²) in [6.07, 6.45) is 2.11. The van der Waals surface area contributed by atoms with Crippen LogP contribution in [0.2, 0.25) is 0 Å². The molecule has 140 valence electrons. The van der Waals surface area contributed by atoms with Crippen molar-refractivity contribution in [3.8, 4) is 22.6 Å². The molecule has 1 heterocycles. The molecule has 1 aliphatic rings. The minimum Gasteiger partial charge on any atom is -0.497 e. The topological polar surface area (TPSA) is 31.4 Å². The van der Waals surface area contributed by atoms with Gasteiger partial charge in [0.2, 0.25) is 0 Å². The van der Waals surface area contributed by atoms with E-state index in [4.69, 9.17) is 9.47 Å². The van der Waals surface area contributed by atoms with E-state index in [1.807, 2.05) is 36.4 Å². The van der Waals surface area contributed by atoms with E-state index < -0.39 is 11.8 Å². The minimum absolute atomic E-state index is 0.0259. The van der Waals surface area contributed by atoms with Crippen LogP contribution in [-0.4, -0.2) is 24.6 Å². The average Bonchev–Trinajstić information content (AvgIpc) is 3.27. The molecule has 1 aliphatic carbocycles. The van der Waals surface area contributed by atoms with Crippen LogP contribution in [0.5, 0.6) is 11.5 Å². The fourth-order valence-electron chi connectivity index (χ4n) is 3.46. The molecule has 0 N–H and O–H groups in total. The second-order valence-electron chi connectivity index (χ2n) is 7.02. The fourth-order valence-corrected chi connectivity index (χ4v) is 3.46. The summed E-state index contributed by atoms with van der Waals surface area (Å²) in [5.41, 5.74) is 4.06. The maximum absolute atomic E-state index is 13.0. The van der Waals surface area contributed by atoms with Crippen LogP contribution in [0.4, 0.5) is 8.78 Å². The number of fused-ring (bicyclic) bond motifs is 1. The molecule has 1 fully saturated rings. The zero-order chi connectivity index (χ0) is 19.0. The Balaban J connectivity index is 1.66. The average molecular weight is 369 g/mol. The maximum Gasteiger partial charge on any atom is 0.251 e. The zero-order valence-corrected chi connectivity index (χ0v) is 15.3. The fraction of sp³-hybridized carbons (Fsp3) is 0.318. The first-order valence-electron chi connectivity index (χ1n) is 9.02. The van der Waals surface area contributed by atoms with Crippen LogP contribution < -0.4 is 9.47 Å². The summed E-state index contributed by atoms with van der Waals surface area (Å²) < 4.78 is 37.3. The lowest BCUT2D eigenvalue weighted by atomic mass is 9.95. The normalized spacial score (nSPS) is 17.7. The van der Waals surface area contributed by atoms with Crippen LogP contribution in [0.1, 0.15) is 18.4 Å². The van der Waals surface area contributed by atoms with E-state index in [-0.39, 0.29) is 13.0 Å². The Morgan fingerprint density at radius 3 is 2.67 bits per heavy atom. The summed E-state index contributed by atoms with van der Waals surface area (Å²) >= 11 is 0. The second kappa shape index (κ2) is 6.80. The molecule has 0 spiro atoms. The highest BCUT2D eigenvalue weighted by Crippen LogP contribution is 2.50. The van der Waals surface area contributed by atoms with Gasteiger partial charge in [-0.3, -0.25) is 4.98 Å². The van der Waals surface area contributed by atoms with E-state index in [2.05, 4.69) is 11.9 Å². The first-order valence-corrected chi connectivity index (χ1v) is 9.02.